The van der Waals surface area contributed by atoms with Gasteiger partial charge in [0.1, 0.15) is 6.10 Å². The Morgan fingerprint density at radius 1 is 1.12 bits per heavy atom. The molecule has 0 saturated heterocycles. The number of pyridine rings is 2. The van der Waals surface area contributed by atoms with Crippen molar-refractivity contribution in [1.29, 1.82) is 0 Å². The molecule has 2 aromatic heterocycles. The molecule has 1 fully saturated rings. The normalized spacial score (nSPS) is 15.0. The van der Waals surface area contributed by atoms with Crippen molar-refractivity contribution in [2.24, 2.45) is 0 Å². The van der Waals surface area contributed by atoms with Crippen LogP contribution < -0.4 is 10.2 Å². The highest BCUT2D eigenvalue weighted by molar-refractivity contribution is 5.81. The Kier molecular flexibility index (Phi) is 3.81. The summed E-state index contributed by atoms with van der Waals surface area (Å²) in [5.41, 5.74) is 2.66. The first-order valence-corrected chi connectivity index (χ1v) is 8.47. The van der Waals surface area contributed by atoms with Gasteiger partial charge in [-0.25, -0.2) is 0 Å². The Morgan fingerprint density at radius 3 is 2.62 bits per heavy atom. The van der Waals surface area contributed by atoms with Gasteiger partial charge in [-0.15, -0.1) is 0 Å². The molecule has 4 rings (SSSR count). The summed E-state index contributed by atoms with van der Waals surface area (Å²) in [7, 11) is 0. The van der Waals surface area contributed by atoms with E-state index in [-0.39, 0.29) is 11.5 Å². The molecule has 0 spiro atoms. The number of aryl methyl sites for hydroxylation is 1. The van der Waals surface area contributed by atoms with E-state index in [1.165, 1.54) is 12.8 Å². The summed E-state index contributed by atoms with van der Waals surface area (Å²) in [5, 5.41) is 0.614. The van der Waals surface area contributed by atoms with Crippen molar-refractivity contribution in [1.82, 2.24) is 9.55 Å². The number of aromatic nitrogens is 2. The van der Waals surface area contributed by atoms with Gasteiger partial charge in [-0.3, -0.25) is 14.3 Å². The van der Waals surface area contributed by atoms with Crippen molar-refractivity contribution in [3.05, 3.63) is 64.6 Å². The lowest BCUT2D eigenvalue weighted by Gasteiger charge is -2.20. The highest BCUT2D eigenvalue weighted by Crippen LogP contribution is 2.28. The minimum absolute atomic E-state index is 0.0438. The average molecular weight is 320 g/mol. The molecule has 4 nitrogen and oxygen atoms in total. The van der Waals surface area contributed by atoms with Crippen LogP contribution in [0.1, 0.15) is 31.4 Å². The molecule has 0 atom stereocenters. The average Bonchev–Trinajstić information content (AvgIpc) is 3.08. The van der Waals surface area contributed by atoms with Crippen LogP contribution in [0.15, 0.2) is 53.5 Å². The van der Waals surface area contributed by atoms with Crippen LogP contribution in [0.25, 0.3) is 16.6 Å². The van der Waals surface area contributed by atoms with Crippen molar-refractivity contribution in [2.75, 3.05) is 0 Å². The predicted octanol–water partition coefficient (Wildman–Crippen LogP) is 4.02. The first kappa shape index (κ1) is 14.9. The molecule has 0 N–H and O–H groups in total. The van der Waals surface area contributed by atoms with Gasteiger partial charge in [0.15, 0.2) is 5.43 Å². The summed E-state index contributed by atoms with van der Waals surface area (Å²) in [4.78, 5) is 16.8. The van der Waals surface area contributed by atoms with E-state index in [2.05, 4.69) is 4.98 Å². The van der Waals surface area contributed by atoms with Gasteiger partial charge in [-0.2, -0.15) is 0 Å². The lowest BCUT2D eigenvalue weighted by molar-refractivity contribution is 0.197. The van der Waals surface area contributed by atoms with E-state index in [0.717, 1.165) is 29.7 Å². The number of para-hydroxylation sites is 1. The third-order valence-electron chi connectivity index (χ3n) is 4.60. The number of benzene rings is 1. The standard InChI is InChI=1S/C20H20N2O2/c1-14-11-18-17(13-21-14)19(23)12-20(24-16-9-5-6-10-16)22(18)15-7-3-2-4-8-15/h2-4,7-8,11-13,16H,5-6,9-10H2,1H3. The lowest BCUT2D eigenvalue weighted by Crippen LogP contribution is -2.18. The van der Waals surface area contributed by atoms with Crippen molar-refractivity contribution in [2.45, 2.75) is 38.7 Å². The Morgan fingerprint density at radius 2 is 1.88 bits per heavy atom. The summed E-state index contributed by atoms with van der Waals surface area (Å²) in [6, 6.07) is 13.6. The smallest absolute Gasteiger partial charge is 0.202 e. The summed E-state index contributed by atoms with van der Waals surface area (Å²) < 4.78 is 8.26. The monoisotopic (exact) mass is 320 g/mol. The largest absolute Gasteiger partial charge is 0.475 e. The van der Waals surface area contributed by atoms with Crippen LogP contribution in [0.2, 0.25) is 0 Å². The molecule has 4 heteroatoms. The molecule has 2 heterocycles. The topological polar surface area (TPSA) is 44.1 Å². The van der Waals surface area contributed by atoms with Crippen molar-refractivity contribution < 1.29 is 4.74 Å². The van der Waals surface area contributed by atoms with E-state index in [9.17, 15) is 4.79 Å². The molecule has 0 amide bonds. The number of nitrogens with zero attached hydrogens (tertiary/aromatic N) is 2. The number of ether oxygens (including phenoxy) is 1. The molecule has 0 bridgehead atoms. The summed E-state index contributed by atoms with van der Waals surface area (Å²) in [5.74, 6) is 0.621. The summed E-state index contributed by atoms with van der Waals surface area (Å²) in [6.07, 6.45) is 6.34. The van der Waals surface area contributed by atoms with Gasteiger partial charge in [0.25, 0.3) is 0 Å². The second kappa shape index (κ2) is 6.11. The van der Waals surface area contributed by atoms with E-state index >= 15 is 0 Å². The Bertz CT molecular complexity index is 926. The zero-order valence-corrected chi connectivity index (χ0v) is 13.7. The summed E-state index contributed by atoms with van der Waals surface area (Å²) in [6.45, 7) is 1.93. The van der Waals surface area contributed by atoms with Crippen LogP contribution in [0.3, 0.4) is 0 Å². The molecule has 1 aliphatic carbocycles. The van der Waals surface area contributed by atoms with Crippen molar-refractivity contribution >= 4 is 10.9 Å². The quantitative estimate of drug-likeness (QED) is 0.732. The zero-order valence-electron chi connectivity index (χ0n) is 13.7. The highest BCUT2D eigenvalue weighted by Gasteiger charge is 2.20. The lowest BCUT2D eigenvalue weighted by atomic mass is 10.2. The highest BCUT2D eigenvalue weighted by atomic mass is 16.5. The van der Waals surface area contributed by atoms with Crippen LogP contribution in [0.4, 0.5) is 0 Å². The number of hydrogen-bond acceptors (Lipinski definition) is 3. The molecule has 1 aliphatic rings. The van der Waals surface area contributed by atoms with Crippen molar-refractivity contribution in [3.63, 3.8) is 0 Å². The second-order valence-electron chi connectivity index (χ2n) is 6.38. The molecule has 0 unspecified atom stereocenters. The van der Waals surface area contributed by atoms with Crippen LogP contribution in [0.5, 0.6) is 5.88 Å². The summed E-state index contributed by atoms with van der Waals surface area (Å²) >= 11 is 0. The molecule has 1 saturated carbocycles. The van der Waals surface area contributed by atoms with Crippen LogP contribution in [-0.2, 0) is 0 Å². The predicted molar refractivity (Wildman–Crippen MR) is 95.0 cm³/mol. The molecule has 122 valence electrons. The van der Waals surface area contributed by atoms with Crippen LogP contribution in [-0.4, -0.2) is 15.7 Å². The Hall–Kier alpha value is -2.62. The van der Waals surface area contributed by atoms with E-state index in [4.69, 9.17) is 4.74 Å². The fourth-order valence-electron chi connectivity index (χ4n) is 3.40. The van der Waals surface area contributed by atoms with Gasteiger partial charge in [-0.05, 0) is 50.8 Å². The maximum atomic E-state index is 12.5. The zero-order chi connectivity index (χ0) is 16.5. The maximum absolute atomic E-state index is 12.5. The van der Waals surface area contributed by atoms with Gasteiger partial charge in [0, 0.05) is 23.6 Å². The SMILES string of the molecule is Cc1cc2c(cn1)c(=O)cc(OC1CCCC1)n2-c1ccccc1. The fraction of sp³-hybridized carbons (Fsp3) is 0.300. The van der Waals surface area contributed by atoms with E-state index in [1.807, 2.05) is 47.9 Å². The van der Waals surface area contributed by atoms with Gasteiger partial charge in [-0.1, -0.05) is 18.2 Å². The third kappa shape index (κ3) is 2.68. The first-order valence-electron chi connectivity index (χ1n) is 8.47. The molecule has 24 heavy (non-hydrogen) atoms. The molecule has 0 radical (unpaired) electrons. The molecule has 0 aliphatic heterocycles. The van der Waals surface area contributed by atoms with Gasteiger partial charge >= 0.3 is 0 Å². The minimum atomic E-state index is -0.0438. The molecule has 1 aromatic carbocycles. The maximum Gasteiger partial charge on any atom is 0.202 e. The molecule has 3 aromatic rings. The van der Waals surface area contributed by atoms with Crippen LogP contribution >= 0.6 is 0 Å². The fourth-order valence-corrected chi connectivity index (χ4v) is 3.40. The van der Waals surface area contributed by atoms with Crippen molar-refractivity contribution in [3.8, 4) is 11.6 Å². The number of rotatable bonds is 3. The number of hydrogen-bond donors (Lipinski definition) is 0. The number of fused-ring (bicyclic) bond motifs is 1. The molecular weight excluding hydrogens is 300 g/mol. The van der Waals surface area contributed by atoms with Gasteiger partial charge < -0.3 is 4.74 Å². The van der Waals surface area contributed by atoms with E-state index in [1.54, 1.807) is 12.3 Å². The van der Waals surface area contributed by atoms with Gasteiger partial charge in [0.05, 0.1) is 10.9 Å². The van der Waals surface area contributed by atoms with Gasteiger partial charge in [0.2, 0.25) is 5.88 Å². The Balaban J connectivity index is 1.97. The minimum Gasteiger partial charge on any atom is -0.475 e. The van der Waals surface area contributed by atoms with E-state index in [0.29, 0.717) is 11.3 Å². The Labute approximate surface area is 140 Å². The second-order valence-corrected chi connectivity index (χ2v) is 6.38. The molecular formula is C20H20N2O2. The van der Waals surface area contributed by atoms with Crippen LogP contribution in [0, 0.1) is 6.92 Å². The third-order valence-corrected chi connectivity index (χ3v) is 4.60. The van der Waals surface area contributed by atoms with E-state index < -0.39 is 0 Å². The first-order chi connectivity index (χ1) is 11.7.